The van der Waals surface area contributed by atoms with Gasteiger partial charge in [0.05, 0.1) is 0 Å². The van der Waals surface area contributed by atoms with Crippen LogP contribution in [0.1, 0.15) is 0 Å². The molecule has 2 aliphatic rings. The SMILES string of the molecule is c1ccc(N2c3cccc(-c4ccc5c(c4)oc4ccccc45)c3B3c4c(-c5ccc6c(c5)oc5ccccc56)cccc4N(c4ccccc4)c4cccc2c43)cc1. The van der Waals surface area contributed by atoms with E-state index in [2.05, 4.69) is 198 Å². The van der Waals surface area contributed by atoms with Crippen molar-refractivity contribution < 1.29 is 8.83 Å². The molecule has 0 radical (unpaired) electrons. The molecule has 9 aromatic carbocycles. The molecule has 0 N–H and O–H groups in total. The minimum Gasteiger partial charge on any atom is -0.456 e. The average Bonchev–Trinajstić information content (AvgIpc) is 3.86. The van der Waals surface area contributed by atoms with Crippen LogP contribution in [-0.2, 0) is 0 Å². The van der Waals surface area contributed by atoms with Gasteiger partial charge in [-0.15, -0.1) is 0 Å². The van der Waals surface area contributed by atoms with Gasteiger partial charge in [0.15, 0.2) is 0 Å². The Hall–Kier alpha value is -7.76. The predicted octanol–water partition coefficient (Wildman–Crippen LogP) is 12.9. The Balaban J connectivity index is 1.14. The lowest BCUT2D eigenvalue weighted by molar-refractivity contribution is 0.668. The first kappa shape index (κ1) is 32.3. The first-order chi connectivity index (χ1) is 29.3. The van der Waals surface area contributed by atoms with Gasteiger partial charge in [0.1, 0.15) is 22.3 Å². The maximum atomic E-state index is 6.52. The minimum atomic E-state index is -0.115. The Morgan fingerprint density at radius 2 is 0.695 bits per heavy atom. The summed E-state index contributed by atoms with van der Waals surface area (Å²) in [4.78, 5) is 4.93. The topological polar surface area (TPSA) is 32.8 Å². The predicted molar refractivity (Wildman–Crippen MR) is 246 cm³/mol. The fraction of sp³-hybridized carbons (Fsp3) is 0. The molecule has 0 bridgehead atoms. The summed E-state index contributed by atoms with van der Waals surface area (Å²) >= 11 is 0. The largest absolute Gasteiger partial charge is 0.456 e. The Kier molecular flexibility index (Phi) is 6.78. The van der Waals surface area contributed by atoms with Crippen molar-refractivity contribution in [1.82, 2.24) is 0 Å². The first-order valence-electron chi connectivity index (χ1n) is 20.2. The normalized spacial score (nSPS) is 13.0. The summed E-state index contributed by atoms with van der Waals surface area (Å²) in [5.74, 6) is 0. The third-order valence-electron chi connectivity index (χ3n) is 12.5. The van der Waals surface area contributed by atoms with Crippen LogP contribution in [0.5, 0.6) is 0 Å². The summed E-state index contributed by atoms with van der Waals surface area (Å²) in [6.45, 7) is -0.115. The highest BCUT2D eigenvalue weighted by atomic mass is 16.3. The number of hydrogen-bond donors (Lipinski definition) is 0. The molecule has 4 heterocycles. The van der Waals surface area contributed by atoms with Gasteiger partial charge in [-0.25, -0.2) is 0 Å². The number of nitrogens with zero attached hydrogens (tertiary/aromatic N) is 2. The van der Waals surface area contributed by atoms with E-state index < -0.39 is 0 Å². The molecule has 0 fully saturated rings. The number of anilines is 6. The Labute approximate surface area is 340 Å². The molecular weight excluding hydrogens is 719 g/mol. The zero-order chi connectivity index (χ0) is 38.6. The molecule has 13 rings (SSSR count). The van der Waals surface area contributed by atoms with Crippen molar-refractivity contribution in [3.8, 4) is 22.3 Å². The van der Waals surface area contributed by atoms with E-state index in [4.69, 9.17) is 8.83 Å². The van der Waals surface area contributed by atoms with E-state index in [9.17, 15) is 0 Å². The van der Waals surface area contributed by atoms with Gasteiger partial charge in [-0.05, 0) is 124 Å². The van der Waals surface area contributed by atoms with Crippen molar-refractivity contribution in [1.29, 1.82) is 0 Å². The van der Waals surface area contributed by atoms with Crippen molar-refractivity contribution in [3.05, 3.63) is 200 Å². The van der Waals surface area contributed by atoms with Crippen LogP contribution in [0, 0.1) is 0 Å². The lowest BCUT2D eigenvalue weighted by Crippen LogP contribution is -2.62. The molecule has 0 saturated heterocycles. The highest BCUT2D eigenvalue weighted by Gasteiger charge is 2.45. The maximum absolute atomic E-state index is 6.52. The van der Waals surface area contributed by atoms with Crippen LogP contribution in [0.15, 0.2) is 209 Å². The molecule has 0 saturated carbocycles. The molecule has 274 valence electrons. The van der Waals surface area contributed by atoms with Crippen LogP contribution >= 0.6 is 0 Å². The first-order valence-corrected chi connectivity index (χ1v) is 20.2. The molecule has 2 aromatic heterocycles. The molecule has 4 nitrogen and oxygen atoms in total. The summed E-state index contributed by atoms with van der Waals surface area (Å²) in [6.07, 6.45) is 0. The van der Waals surface area contributed by atoms with E-state index >= 15 is 0 Å². The van der Waals surface area contributed by atoms with Crippen LogP contribution in [0.2, 0.25) is 0 Å². The van der Waals surface area contributed by atoms with Gasteiger partial charge in [0.2, 0.25) is 0 Å². The zero-order valence-corrected chi connectivity index (χ0v) is 31.8. The number of hydrogen-bond acceptors (Lipinski definition) is 4. The summed E-state index contributed by atoms with van der Waals surface area (Å²) in [6, 6.07) is 72.1. The molecule has 59 heavy (non-hydrogen) atoms. The lowest BCUT2D eigenvalue weighted by atomic mass is 9.32. The summed E-state index contributed by atoms with van der Waals surface area (Å²) in [5, 5.41) is 4.51. The summed E-state index contributed by atoms with van der Waals surface area (Å²) in [5.41, 5.74) is 18.9. The number of rotatable bonds is 4. The molecule has 5 heteroatoms. The fourth-order valence-electron chi connectivity index (χ4n) is 10.0. The van der Waals surface area contributed by atoms with E-state index in [0.29, 0.717) is 0 Å². The van der Waals surface area contributed by atoms with Gasteiger partial charge in [0.25, 0.3) is 6.71 Å². The van der Waals surface area contributed by atoms with Crippen LogP contribution in [-0.4, -0.2) is 6.71 Å². The molecule has 11 aromatic rings. The van der Waals surface area contributed by atoms with Crippen LogP contribution in [0.4, 0.5) is 34.1 Å². The standard InChI is InChI=1S/C54H33BN2O2/c1-3-14-36(15-4-1)56-44-22-11-20-38(34-28-30-42-40-18-7-9-26-48(40)58-50(42)32-34)52(44)55-53-39(35-29-31-43-41-19-8-10-27-49(41)59-51(43)33-35)21-12-23-45(53)57(37-16-5-2-6-17-37)47-25-13-24-46(56)54(47)55/h1-33H. The second-order valence-corrected chi connectivity index (χ2v) is 15.6. The van der Waals surface area contributed by atoms with Gasteiger partial charge >= 0.3 is 0 Å². The molecule has 0 atom stereocenters. The third kappa shape index (κ3) is 4.67. The van der Waals surface area contributed by atoms with Crippen molar-refractivity contribution in [2.75, 3.05) is 9.80 Å². The number of benzene rings is 9. The highest BCUT2D eigenvalue weighted by Crippen LogP contribution is 2.46. The van der Waals surface area contributed by atoms with Crippen molar-refractivity contribution in [2.24, 2.45) is 0 Å². The van der Waals surface area contributed by atoms with Gasteiger partial charge in [0, 0.05) is 55.7 Å². The van der Waals surface area contributed by atoms with E-state index in [0.717, 1.165) is 77.8 Å². The van der Waals surface area contributed by atoms with Crippen molar-refractivity contribution >= 4 is 101 Å². The molecule has 0 aliphatic carbocycles. The molecule has 0 spiro atoms. The van der Waals surface area contributed by atoms with Gasteiger partial charge in [-0.1, -0.05) is 115 Å². The molecular formula is C54H33BN2O2. The monoisotopic (exact) mass is 752 g/mol. The van der Waals surface area contributed by atoms with Gasteiger partial charge < -0.3 is 18.6 Å². The smallest absolute Gasteiger partial charge is 0.253 e. The van der Waals surface area contributed by atoms with Crippen molar-refractivity contribution in [3.63, 3.8) is 0 Å². The molecule has 0 amide bonds. The molecule has 2 aliphatic heterocycles. The number of furan rings is 2. The second kappa shape index (κ2) is 12.4. The lowest BCUT2D eigenvalue weighted by Gasteiger charge is -2.45. The van der Waals surface area contributed by atoms with Crippen LogP contribution in [0.25, 0.3) is 66.1 Å². The second-order valence-electron chi connectivity index (χ2n) is 15.6. The van der Waals surface area contributed by atoms with Gasteiger partial charge in [-0.3, -0.25) is 0 Å². The minimum absolute atomic E-state index is 0.115. The maximum Gasteiger partial charge on any atom is 0.253 e. The number of fused-ring (bicyclic) bond motifs is 10. The van der Waals surface area contributed by atoms with Crippen molar-refractivity contribution in [2.45, 2.75) is 0 Å². The quantitative estimate of drug-likeness (QED) is 0.168. The highest BCUT2D eigenvalue weighted by molar-refractivity contribution is 7.01. The van der Waals surface area contributed by atoms with E-state index in [1.54, 1.807) is 0 Å². The summed E-state index contributed by atoms with van der Waals surface area (Å²) < 4.78 is 13.0. The van der Waals surface area contributed by atoms with E-state index in [1.807, 2.05) is 12.1 Å². The van der Waals surface area contributed by atoms with E-state index in [1.165, 1.54) is 38.9 Å². The van der Waals surface area contributed by atoms with Gasteiger partial charge in [-0.2, -0.15) is 0 Å². The Morgan fingerprint density at radius 1 is 0.305 bits per heavy atom. The third-order valence-corrected chi connectivity index (χ3v) is 12.5. The van der Waals surface area contributed by atoms with Crippen LogP contribution in [0.3, 0.4) is 0 Å². The Bertz CT molecular complexity index is 3250. The Morgan fingerprint density at radius 3 is 1.17 bits per heavy atom. The van der Waals surface area contributed by atoms with E-state index in [-0.39, 0.29) is 6.71 Å². The fourth-order valence-corrected chi connectivity index (χ4v) is 10.0. The number of para-hydroxylation sites is 4. The van der Waals surface area contributed by atoms with Crippen LogP contribution < -0.4 is 26.2 Å². The average molecular weight is 753 g/mol. The molecule has 0 unspecified atom stereocenters. The zero-order valence-electron chi connectivity index (χ0n) is 31.8. The summed E-state index contributed by atoms with van der Waals surface area (Å²) in [7, 11) is 0.